The first-order valence-electron chi connectivity index (χ1n) is 9.35. The molecule has 3 aromatic rings. The third-order valence-corrected chi connectivity index (χ3v) is 4.52. The van der Waals surface area contributed by atoms with E-state index < -0.39 is 0 Å². The standard InChI is InChI=1S/C24H23N3O/c1-19-11-13-22(14-12-19)27-16-6-10-23(27)17-21(18-25)24(28)26-15-5-9-20-7-3-2-4-8-20/h2-4,6-8,10-14,16-17H,5,9,15H2,1H3,(H,26,28)/b21-17-. The minimum absolute atomic E-state index is 0.103. The van der Waals surface area contributed by atoms with Gasteiger partial charge in [0.1, 0.15) is 11.6 Å². The SMILES string of the molecule is Cc1ccc(-n2cccc2/C=C(/C#N)C(=O)NCCCc2ccccc2)cc1. The number of aryl methyl sites for hydroxylation is 2. The zero-order chi connectivity index (χ0) is 19.8. The number of hydrogen-bond acceptors (Lipinski definition) is 2. The summed E-state index contributed by atoms with van der Waals surface area (Å²) in [5.41, 5.74) is 4.30. The summed E-state index contributed by atoms with van der Waals surface area (Å²) in [5, 5.41) is 12.3. The van der Waals surface area contributed by atoms with Crippen LogP contribution in [-0.2, 0) is 11.2 Å². The summed E-state index contributed by atoms with van der Waals surface area (Å²) in [6, 6.07) is 24.1. The van der Waals surface area contributed by atoms with Gasteiger partial charge in [-0.3, -0.25) is 4.79 Å². The summed E-state index contributed by atoms with van der Waals surface area (Å²) in [5.74, 6) is -0.341. The van der Waals surface area contributed by atoms with E-state index in [9.17, 15) is 10.1 Å². The summed E-state index contributed by atoms with van der Waals surface area (Å²) >= 11 is 0. The molecule has 0 unspecified atom stereocenters. The maximum Gasteiger partial charge on any atom is 0.262 e. The highest BCUT2D eigenvalue weighted by molar-refractivity contribution is 6.01. The van der Waals surface area contributed by atoms with Crippen LogP contribution < -0.4 is 5.32 Å². The quantitative estimate of drug-likeness (QED) is 0.380. The second-order valence-corrected chi connectivity index (χ2v) is 6.65. The summed E-state index contributed by atoms with van der Waals surface area (Å²) in [7, 11) is 0. The third kappa shape index (κ3) is 4.99. The Balaban J connectivity index is 1.64. The summed E-state index contributed by atoms with van der Waals surface area (Å²) in [4.78, 5) is 12.4. The molecule has 4 nitrogen and oxygen atoms in total. The molecule has 0 aliphatic heterocycles. The van der Waals surface area contributed by atoms with Crippen molar-refractivity contribution in [2.45, 2.75) is 19.8 Å². The van der Waals surface area contributed by atoms with Crippen molar-refractivity contribution in [2.24, 2.45) is 0 Å². The molecule has 0 saturated heterocycles. The molecule has 0 radical (unpaired) electrons. The Morgan fingerprint density at radius 3 is 2.54 bits per heavy atom. The van der Waals surface area contributed by atoms with E-state index in [2.05, 4.69) is 17.4 Å². The molecule has 1 amide bonds. The molecule has 1 heterocycles. The Morgan fingerprint density at radius 1 is 1.07 bits per heavy atom. The molecular weight excluding hydrogens is 346 g/mol. The number of nitriles is 1. The van der Waals surface area contributed by atoms with Crippen molar-refractivity contribution in [3.8, 4) is 11.8 Å². The molecule has 1 N–H and O–H groups in total. The van der Waals surface area contributed by atoms with Gasteiger partial charge in [-0.2, -0.15) is 5.26 Å². The van der Waals surface area contributed by atoms with E-state index in [4.69, 9.17) is 0 Å². The van der Waals surface area contributed by atoms with Gasteiger partial charge in [-0.1, -0.05) is 48.0 Å². The van der Waals surface area contributed by atoms with Crippen molar-refractivity contribution >= 4 is 12.0 Å². The molecule has 1 aromatic heterocycles. The molecule has 3 rings (SSSR count). The molecule has 0 saturated carbocycles. The topological polar surface area (TPSA) is 57.8 Å². The Morgan fingerprint density at radius 2 is 1.82 bits per heavy atom. The average Bonchev–Trinajstić information content (AvgIpc) is 3.19. The van der Waals surface area contributed by atoms with E-state index in [-0.39, 0.29) is 11.5 Å². The summed E-state index contributed by atoms with van der Waals surface area (Å²) in [6.07, 6.45) is 5.27. The van der Waals surface area contributed by atoms with Gasteiger partial charge in [-0.15, -0.1) is 0 Å². The Hall–Kier alpha value is -3.58. The number of carbonyl (C=O) groups is 1. The van der Waals surface area contributed by atoms with Gasteiger partial charge < -0.3 is 9.88 Å². The van der Waals surface area contributed by atoms with Crippen molar-refractivity contribution in [2.75, 3.05) is 6.54 Å². The van der Waals surface area contributed by atoms with Gasteiger partial charge in [-0.25, -0.2) is 0 Å². The molecule has 0 aliphatic rings. The van der Waals surface area contributed by atoms with E-state index >= 15 is 0 Å². The highest BCUT2D eigenvalue weighted by Gasteiger charge is 2.10. The maximum absolute atomic E-state index is 12.4. The number of amides is 1. The van der Waals surface area contributed by atoms with Gasteiger partial charge in [0.15, 0.2) is 0 Å². The van der Waals surface area contributed by atoms with Crippen molar-refractivity contribution in [3.63, 3.8) is 0 Å². The highest BCUT2D eigenvalue weighted by Crippen LogP contribution is 2.16. The van der Waals surface area contributed by atoms with Crippen LogP contribution in [0.4, 0.5) is 0 Å². The second kappa shape index (κ2) is 9.38. The van der Waals surface area contributed by atoms with Crippen LogP contribution in [0, 0.1) is 18.3 Å². The maximum atomic E-state index is 12.4. The van der Waals surface area contributed by atoms with Gasteiger partial charge in [0.25, 0.3) is 5.91 Å². The number of hydrogen-bond donors (Lipinski definition) is 1. The highest BCUT2D eigenvalue weighted by atomic mass is 16.1. The summed E-state index contributed by atoms with van der Waals surface area (Å²) < 4.78 is 1.96. The summed E-state index contributed by atoms with van der Waals surface area (Å²) in [6.45, 7) is 2.57. The van der Waals surface area contributed by atoms with E-state index in [1.807, 2.05) is 78.4 Å². The first-order chi connectivity index (χ1) is 13.7. The van der Waals surface area contributed by atoms with Crippen LogP contribution in [0.2, 0.25) is 0 Å². The Labute approximate surface area is 165 Å². The number of benzene rings is 2. The normalized spacial score (nSPS) is 11.1. The molecule has 140 valence electrons. The Kier molecular flexibility index (Phi) is 6.43. The lowest BCUT2D eigenvalue weighted by Gasteiger charge is -2.08. The van der Waals surface area contributed by atoms with Gasteiger partial charge in [0.05, 0.1) is 0 Å². The van der Waals surface area contributed by atoms with Gasteiger partial charge in [0.2, 0.25) is 0 Å². The van der Waals surface area contributed by atoms with E-state index in [0.717, 1.165) is 24.2 Å². The number of nitrogens with one attached hydrogen (secondary N) is 1. The zero-order valence-corrected chi connectivity index (χ0v) is 15.9. The van der Waals surface area contributed by atoms with Crippen molar-refractivity contribution < 1.29 is 4.79 Å². The average molecular weight is 369 g/mol. The smallest absolute Gasteiger partial charge is 0.262 e. The van der Waals surface area contributed by atoms with Crippen LogP contribution in [0.15, 0.2) is 78.5 Å². The van der Waals surface area contributed by atoms with E-state index in [1.165, 1.54) is 11.1 Å². The first-order valence-corrected chi connectivity index (χ1v) is 9.35. The molecule has 0 fully saturated rings. The molecule has 0 atom stereocenters. The molecular formula is C24H23N3O. The predicted octanol–water partition coefficient (Wildman–Crippen LogP) is 4.44. The molecule has 0 aliphatic carbocycles. The van der Waals surface area contributed by atoms with E-state index in [0.29, 0.717) is 6.54 Å². The first kappa shape index (κ1) is 19.2. The number of aromatic nitrogens is 1. The van der Waals surface area contributed by atoms with Crippen LogP contribution in [0.1, 0.15) is 23.2 Å². The van der Waals surface area contributed by atoms with Crippen molar-refractivity contribution in [1.82, 2.24) is 9.88 Å². The number of rotatable bonds is 7. The minimum atomic E-state index is -0.341. The third-order valence-electron chi connectivity index (χ3n) is 4.52. The second-order valence-electron chi connectivity index (χ2n) is 6.65. The van der Waals surface area contributed by atoms with E-state index in [1.54, 1.807) is 6.08 Å². The van der Waals surface area contributed by atoms with Crippen LogP contribution in [0.3, 0.4) is 0 Å². The number of carbonyl (C=O) groups excluding carboxylic acids is 1. The zero-order valence-electron chi connectivity index (χ0n) is 15.9. The number of nitrogens with zero attached hydrogens (tertiary/aromatic N) is 2. The monoisotopic (exact) mass is 369 g/mol. The molecule has 0 spiro atoms. The Bertz CT molecular complexity index is 992. The molecule has 4 heteroatoms. The van der Waals surface area contributed by atoms with Crippen molar-refractivity contribution in [3.05, 3.63) is 95.3 Å². The predicted molar refractivity (Wildman–Crippen MR) is 112 cm³/mol. The fourth-order valence-corrected chi connectivity index (χ4v) is 2.98. The minimum Gasteiger partial charge on any atom is -0.351 e. The van der Waals surface area contributed by atoms with Crippen LogP contribution >= 0.6 is 0 Å². The van der Waals surface area contributed by atoms with Gasteiger partial charge >= 0.3 is 0 Å². The lowest BCUT2D eigenvalue weighted by molar-refractivity contribution is -0.117. The molecule has 28 heavy (non-hydrogen) atoms. The van der Waals surface area contributed by atoms with Crippen LogP contribution in [0.5, 0.6) is 0 Å². The van der Waals surface area contributed by atoms with Crippen molar-refractivity contribution in [1.29, 1.82) is 5.26 Å². The van der Waals surface area contributed by atoms with Crippen LogP contribution in [0.25, 0.3) is 11.8 Å². The van der Waals surface area contributed by atoms with Gasteiger partial charge in [-0.05, 0) is 55.7 Å². The molecule has 2 aromatic carbocycles. The van der Waals surface area contributed by atoms with Crippen LogP contribution in [-0.4, -0.2) is 17.0 Å². The fraction of sp³-hybridized carbons (Fsp3) is 0.167. The lowest BCUT2D eigenvalue weighted by atomic mass is 10.1. The van der Waals surface area contributed by atoms with Gasteiger partial charge in [0, 0.05) is 24.1 Å². The lowest BCUT2D eigenvalue weighted by Crippen LogP contribution is -2.26. The molecule has 0 bridgehead atoms. The fourth-order valence-electron chi connectivity index (χ4n) is 2.98. The largest absolute Gasteiger partial charge is 0.351 e.